The second-order valence-electron chi connectivity index (χ2n) is 5.30. The fourth-order valence-corrected chi connectivity index (χ4v) is 2.84. The van der Waals surface area contributed by atoms with Crippen molar-refractivity contribution in [3.8, 4) is 0 Å². The van der Waals surface area contributed by atoms with Gasteiger partial charge in [-0.3, -0.25) is 4.90 Å². The van der Waals surface area contributed by atoms with Crippen LogP contribution in [0.25, 0.3) is 0 Å². The molecule has 3 rings (SSSR count). The molecule has 2 aromatic heterocycles. The molecule has 1 N–H and O–H groups in total. The molecule has 0 saturated carbocycles. The third-order valence-electron chi connectivity index (χ3n) is 3.73. The predicted octanol–water partition coefficient (Wildman–Crippen LogP) is 1.30. The predicted molar refractivity (Wildman–Crippen MR) is 77.3 cm³/mol. The van der Waals surface area contributed by atoms with Crippen LogP contribution in [-0.4, -0.2) is 51.2 Å². The third-order valence-corrected chi connectivity index (χ3v) is 3.73. The number of H-pyrrole nitrogens is 1. The first kappa shape index (κ1) is 13.1. The van der Waals surface area contributed by atoms with Gasteiger partial charge >= 0.3 is 0 Å². The van der Waals surface area contributed by atoms with Gasteiger partial charge in [-0.05, 0) is 32.0 Å². The number of hydrogen-bond acceptors (Lipinski definition) is 5. The van der Waals surface area contributed by atoms with Gasteiger partial charge in [0.05, 0.1) is 6.54 Å². The molecule has 1 fully saturated rings. The van der Waals surface area contributed by atoms with Crippen LogP contribution < -0.4 is 4.90 Å². The molecule has 1 aliphatic heterocycles. The van der Waals surface area contributed by atoms with Crippen LogP contribution >= 0.6 is 0 Å². The van der Waals surface area contributed by atoms with Gasteiger partial charge < -0.3 is 9.88 Å². The Bertz CT molecular complexity index is 512. The zero-order valence-corrected chi connectivity index (χ0v) is 11.7. The lowest BCUT2D eigenvalue weighted by Gasteiger charge is -2.28. The smallest absolute Gasteiger partial charge is 0.151 e. The van der Waals surface area contributed by atoms with E-state index in [1.807, 2.05) is 18.3 Å². The van der Waals surface area contributed by atoms with Gasteiger partial charge in [0.25, 0.3) is 0 Å². The summed E-state index contributed by atoms with van der Waals surface area (Å²) in [5.74, 6) is 2.00. The van der Waals surface area contributed by atoms with Crippen molar-refractivity contribution >= 4 is 5.82 Å². The summed E-state index contributed by atoms with van der Waals surface area (Å²) in [5, 5.41) is 8.22. The summed E-state index contributed by atoms with van der Waals surface area (Å²) < 4.78 is 0. The Morgan fingerprint density at radius 2 is 2.40 bits per heavy atom. The molecule has 1 atom stereocenters. The number of aromatic nitrogens is 4. The molecule has 1 unspecified atom stereocenters. The average Bonchev–Trinajstić information content (AvgIpc) is 3.11. The van der Waals surface area contributed by atoms with E-state index in [0.29, 0.717) is 6.04 Å². The highest BCUT2D eigenvalue weighted by molar-refractivity contribution is 5.39. The van der Waals surface area contributed by atoms with Crippen molar-refractivity contribution in [2.24, 2.45) is 0 Å². The maximum atomic E-state index is 4.27. The number of likely N-dealkylation sites (N-methyl/N-ethyl adjacent to an activating group) is 1. The van der Waals surface area contributed by atoms with Crippen LogP contribution in [0, 0.1) is 0 Å². The largest absolute Gasteiger partial charge is 0.351 e. The van der Waals surface area contributed by atoms with Gasteiger partial charge in [0, 0.05) is 37.7 Å². The standard InChI is InChI=1S/C14H20N6/c1-19(11-13-15-7-8-16-13)10-12-4-3-9-20(12)14-5-2-6-17-18-14/h2,5-8,12H,3-4,9-11H2,1H3,(H,15,16). The average molecular weight is 272 g/mol. The van der Waals surface area contributed by atoms with Crippen LogP contribution in [0.1, 0.15) is 18.7 Å². The quantitative estimate of drug-likeness (QED) is 0.889. The van der Waals surface area contributed by atoms with Gasteiger partial charge in [-0.15, -0.1) is 5.10 Å². The molecular formula is C14H20N6. The van der Waals surface area contributed by atoms with Crippen molar-refractivity contribution in [2.75, 3.05) is 25.0 Å². The maximum Gasteiger partial charge on any atom is 0.151 e. The summed E-state index contributed by atoms with van der Waals surface area (Å²) >= 11 is 0. The number of rotatable bonds is 5. The Morgan fingerprint density at radius 1 is 1.45 bits per heavy atom. The minimum absolute atomic E-state index is 0.506. The van der Waals surface area contributed by atoms with Gasteiger partial charge in [0.15, 0.2) is 5.82 Å². The lowest BCUT2D eigenvalue weighted by molar-refractivity contribution is 0.296. The molecule has 0 aliphatic carbocycles. The van der Waals surface area contributed by atoms with Crippen molar-refractivity contribution in [2.45, 2.75) is 25.4 Å². The number of anilines is 1. The van der Waals surface area contributed by atoms with Crippen LogP contribution in [0.15, 0.2) is 30.7 Å². The van der Waals surface area contributed by atoms with E-state index in [9.17, 15) is 0 Å². The summed E-state index contributed by atoms with van der Waals surface area (Å²) in [6, 6.07) is 4.49. The van der Waals surface area contributed by atoms with E-state index in [0.717, 1.165) is 31.3 Å². The summed E-state index contributed by atoms with van der Waals surface area (Å²) in [6.45, 7) is 2.92. The topological polar surface area (TPSA) is 60.9 Å². The minimum atomic E-state index is 0.506. The molecule has 0 radical (unpaired) electrons. The van der Waals surface area contributed by atoms with Crippen molar-refractivity contribution in [1.82, 2.24) is 25.1 Å². The van der Waals surface area contributed by atoms with E-state index < -0.39 is 0 Å². The molecular weight excluding hydrogens is 252 g/mol. The molecule has 1 saturated heterocycles. The van der Waals surface area contributed by atoms with Crippen LogP contribution in [0.4, 0.5) is 5.82 Å². The zero-order chi connectivity index (χ0) is 13.8. The summed E-state index contributed by atoms with van der Waals surface area (Å²) in [6.07, 6.45) is 7.81. The lowest BCUT2D eigenvalue weighted by Crippen LogP contribution is -2.39. The van der Waals surface area contributed by atoms with Crippen LogP contribution in [0.5, 0.6) is 0 Å². The molecule has 1 aliphatic rings. The molecule has 0 amide bonds. The minimum Gasteiger partial charge on any atom is -0.351 e. The summed E-state index contributed by atoms with van der Waals surface area (Å²) in [4.78, 5) is 12.1. The van der Waals surface area contributed by atoms with Crippen molar-refractivity contribution in [3.63, 3.8) is 0 Å². The third kappa shape index (κ3) is 2.96. The van der Waals surface area contributed by atoms with Crippen molar-refractivity contribution < 1.29 is 0 Å². The van der Waals surface area contributed by atoms with Gasteiger partial charge in [-0.2, -0.15) is 5.10 Å². The molecule has 0 spiro atoms. The molecule has 6 nitrogen and oxygen atoms in total. The second-order valence-corrected chi connectivity index (χ2v) is 5.30. The van der Waals surface area contributed by atoms with E-state index in [-0.39, 0.29) is 0 Å². The number of aromatic amines is 1. The van der Waals surface area contributed by atoms with Crippen LogP contribution in [-0.2, 0) is 6.54 Å². The zero-order valence-electron chi connectivity index (χ0n) is 11.7. The SMILES string of the molecule is CN(Cc1ncc[nH]1)CC1CCCN1c1cccnn1. The molecule has 2 aromatic rings. The highest BCUT2D eigenvalue weighted by atomic mass is 15.3. The number of nitrogens with one attached hydrogen (secondary N) is 1. The molecule has 6 heteroatoms. The fraction of sp³-hybridized carbons (Fsp3) is 0.500. The summed E-state index contributed by atoms with van der Waals surface area (Å²) in [5.41, 5.74) is 0. The number of nitrogens with zero attached hydrogens (tertiary/aromatic N) is 5. The first-order chi connectivity index (χ1) is 9.83. The number of imidazole rings is 1. The van der Waals surface area contributed by atoms with Crippen molar-refractivity contribution in [1.29, 1.82) is 0 Å². The molecule has 106 valence electrons. The molecule has 0 aromatic carbocycles. The van der Waals surface area contributed by atoms with E-state index in [1.54, 1.807) is 12.4 Å². The highest BCUT2D eigenvalue weighted by Crippen LogP contribution is 2.23. The van der Waals surface area contributed by atoms with E-state index in [1.165, 1.54) is 12.8 Å². The monoisotopic (exact) mass is 272 g/mol. The first-order valence-corrected chi connectivity index (χ1v) is 7.04. The van der Waals surface area contributed by atoms with Crippen LogP contribution in [0.2, 0.25) is 0 Å². The van der Waals surface area contributed by atoms with Gasteiger partial charge in [0.1, 0.15) is 5.82 Å². The van der Waals surface area contributed by atoms with Gasteiger partial charge in [0.2, 0.25) is 0 Å². The Hall–Kier alpha value is -1.95. The molecule has 3 heterocycles. The van der Waals surface area contributed by atoms with Crippen molar-refractivity contribution in [3.05, 3.63) is 36.5 Å². The highest BCUT2D eigenvalue weighted by Gasteiger charge is 2.26. The summed E-state index contributed by atoms with van der Waals surface area (Å²) in [7, 11) is 2.13. The first-order valence-electron chi connectivity index (χ1n) is 7.04. The van der Waals surface area contributed by atoms with E-state index >= 15 is 0 Å². The Balaban J connectivity index is 1.61. The normalized spacial score (nSPS) is 18.9. The number of hydrogen-bond donors (Lipinski definition) is 1. The Labute approximate surface area is 118 Å². The Morgan fingerprint density at radius 3 is 3.15 bits per heavy atom. The van der Waals surface area contributed by atoms with Gasteiger partial charge in [-0.1, -0.05) is 0 Å². The van der Waals surface area contributed by atoms with E-state index in [4.69, 9.17) is 0 Å². The fourth-order valence-electron chi connectivity index (χ4n) is 2.84. The van der Waals surface area contributed by atoms with Gasteiger partial charge in [-0.25, -0.2) is 4.98 Å². The molecule has 0 bridgehead atoms. The lowest BCUT2D eigenvalue weighted by atomic mass is 10.2. The van der Waals surface area contributed by atoms with E-state index in [2.05, 4.69) is 37.0 Å². The maximum absolute atomic E-state index is 4.27. The molecule has 20 heavy (non-hydrogen) atoms. The Kier molecular flexibility index (Phi) is 3.92. The van der Waals surface area contributed by atoms with Crippen LogP contribution in [0.3, 0.4) is 0 Å². The second kappa shape index (κ2) is 6.00.